The second-order valence-electron chi connectivity index (χ2n) is 4.22. The molecular weight excluding hydrogens is 162 g/mol. The first-order valence-electron chi connectivity index (χ1n) is 5.71. The first-order chi connectivity index (χ1) is 6.33. The van der Waals surface area contributed by atoms with Gasteiger partial charge in [-0.2, -0.15) is 0 Å². The van der Waals surface area contributed by atoms with E-state index in [0.29, 0.717) is 0 Å². The maximum absolute atomic E-state index is 9.32. The largest absolute Gasteiger partial charge is 0.392 e. The van der Waals surface area contributed by atoms with Gasteiger partial charge in [0.2, 0.25) is 0 Å². The highest BCUT2D eigenvalue weighted by Crippen LogP contribution is 2.22. The molecule has 1 aliphatic rings. The van der Waals surface area contributed by atoms with Gasteiger partial charge in [0.25, 0.3) is 0 Å². The molecule has 0 heterocycles. The van der Waals surface area contributed by atoms with Gasteiger partial charge in [0.1, 0.15) is 0 Å². The molecule has 0 aliphatic heterocycles. The van der Waals surface area contributed by atoms with E-state index in [-0.39, 0.29) is 6.10 Å². The SMILES string of the molecule is CCC(O)CNCC1CCCCC1. The smallest absolute Gasteiger partial charge is 0.0662 e. The van der Waals surface area contributed by atoms with Crippen LogP contribution in [0.4, 0.5) is 0 Å². The molecule has 0 saturated heterocycles. The Morgan fingerprint density at radius 2 is 2.00 bits per heavy atom. The summed E-state index contributed by atoms with van der Waals surface area (Å²) < 4.78 is 0. The molecule has 0 bridgehead atoms. The Hall–Kier alpha value is -0.0800. The molecule has 1 saturated carbocycles. The molecule has 0 aromatic carbocycles. The summed E-state index contributed by atoms with van der Waals surface area (Å²) in [7, 11) is 0. The molecule has 1 fully saturated rings. The van der Waals surface area contributed by atoms with E-state index in [0.717, 1.165) is 25.4 Å². The van der Waals surface area contributed by atoms with Gasteiger partial charge in [-0.25, -0.2) is 0 Å². The number of rotatable bonds is 5. The summed E-state index contributed by atoms with van der Waals surface area (Å²) in [4.78, 5) is 0. The van der Waals surface area contributed by atoms with E-state index in [1.807, 2.05) is 6.92 Å². The topological polar surface area (TPSA) is 32.3 Å². The molecular formula is C11H23NO. The highest BCUT2D eigenvalue weighted by Gasteiger charge is 2.12. The number of hydrogen-bond donors (Lipinski definition) is 2. The minimum atomic E-state index is -0.149. The van der Waals surface area contributed by atoms with Crippen molar-refractivity contribution in [1.29, 1.82) is 0 Å². The van der Waals surface area contributed by atoms with Crippen LogP contribution in [-0.4, -0.2) is 24.3 Å². The first-order valence-corrected chi connectivity index (χ1v) is 5.71. The van der Waals surface area contributed by atoms with Gasteiger partial charge in [0.15, 0.2) is 0 Å². The lowest BCUT2D eigenvalue weighted by Crippen LogP contribution is -2.31. The molecule has 1 unspecified atom stereocenters. The molecule has 1 atom stereocenters. The first kappa shape index (κ1) is 11.0. The van der Waals surface area contributed by atoms with E-state index < -0.39 is 0 Å². The molecule has 2 nitrogen and oxygen atoms in total. The second kappa shape index (κ2) is 6.39. The van der Waals surface area contributed by atoms with Gasteiger partial charge in [-0.3, -0.25) is 0 Å². The highest BCUT2D eigenvalue weighted by molar-refractivity contribution is 4.68. The average Bonchev–Trinajstić information content (AvgIpc) is 2.19. The zero-order chi connectivity index (χ0) is 9.52. The van der Waals surface area contributed by atoms with E-state index >= 15 is 0 Å². The van der Waals surface area contributed by atoms with E-state index in [4.69, 9.17) is 0 Å². The van der Waals surface area contributed by atoms with Gasteiger partial charge in [0, 0.05) is 6.54 Å². The van der Waals surface area contributed by atoms with Gasteiger partial charge in [0.05, 0.1) is 6.10 Å². The van der Waals surface area contributed by atoms with E-state index in [1.54, 1.807) is 0 Å². The third-order valence-corrected chi connectivity index (χ3v) is 3.01. The second-order valence-corrected chi connectivity index (χ2v) is 4.22. The predicted octanol–water partition coefficient (Wildman–Crippen LogP) is 1.93. The van der Waals surface area contributed by atoms with Crippen molar-refractivity contribution in [3.63, 3.8) is 0 Å². The Morgan fingerprint density at radius 3 is 2.62 bits per heavy atom. The van der Waals surface area contributed by atoms with Crippen molar-refractivity contribution in [2.24, 2.45) is 5.92 Å². The number of aliphatic hydroxyl groups is 1. The van der Waals surface area contributed by atoms with Crippen LogP contribution in [0, 0.1) is 5.92 Å². The normalized spacial score (nSPS) is 21.7. The van der Waals surface area contributed by atoms with Gasteiger partial charge in [-0.1, -0.05) is 26.2 Å². The van der Waals surface area contributed by atoms with Gasteiger partial charge in [-0.15, -0.1) is 0 Å². The van der Waals surface area contributed by atoms with Gasteiger partial charge >= 0.3 is 0 Å². The lowest BCUT2D eigenvalue weighted by atomic mass is 9.89. The molecule has 78 valence electrons. The van der Waals surface area contributed by atoms with Gasteiger partial charge < -0.3 is 10.4 Å². The van der Waals surface area contributed by atoms with Crippen molar-refractivity contribution in [2.45, 2.75) is 51.6 Å². The summed E-state index contributed by atoms with van der Waals surface area (Å²) in [5.74, 6) is 0.873. The minimum Gasteiger partial charge on any atom is -0.392 e. The van der Waals surface area contributed by atoms with Crippen LogP contribution in [0.3, 0.4) is 0 Å². The number of hydrogen-bond acceptors (Lipinski definition) is 2. The van der Waals surface area contributed by atoms with Crippen LogP contribution in [0.15, 0.2) is 0 Å². The van der Waals surface area contributed by atoms with Crippen LogP contribution < -0.4 is 5.32 Å². The van der Waals surface area contributed by atoms with Crippen molar-refractivity contribution < 1.29 is 5.11 Å². The van der Waals surface area contributed by atoms with E-state index in [2.05, 4.69) is 5.32 Å². The van der Waals surface area contributed by atoms with Crippen molar-refractivity contribution in [2.75, 3.05) is 13.1 Å². The van der Waals surface area contributed by atoms with Crippen molar-refractivity contribution in [1.82, 2.24) is 5.32 Å². The maximum Gasteiger partial charge on any atom is 0.0662 e. The third kappa shape index (κ3) is 4.63. The zero-order valence-corrected chi connectivity index (χ0v) is 8.76. The highest BCUT2D eigenvalue weighted by atomic mass is 16.3. The Bertz CT molecular complexity index is 121. The Balaban J connectivity index is 1.98. The summed E-state index contributed by atoms with van der Waals surface area (Å²) in [5, 5.41) is 12.7. The molecule has 2 N–H and O–H groups in total. The molecule has 1 aliphatic carbocycles. The van der Waals surface area contributed by atoms with Crippen molar-refractivity contribution in [3.05, 3.63) is 0 Å². The molecule has 2 heteroatoms. The fourth-order valence-corrected chi connectivity index (χ4v) is 1.99. The summed E-state index contributed by atoms with van der Waals surface area (Å²) in [6.45, 7) is 3.90. The Kier molecular flexibility index (Phi) is 5.40. The standard InChI is InChI=1S/C11H23NO/c1-2-11(13)9-12-8-10-6-4-3-5-7-10/h10-13H,2-9H2,1H3. The van der Waals surface area contributed by atoms with Gasteiger partial charge in [-0.05, 0) is 31.7 Å². The summed E-state index contributed by atoms with van der Waals surface area (Å²) in [6.07, 6.45) is 7.71. The predicted molar refractivity (Wildman–Crippen MR) is 55.7 cm³/mol. The number of nitrogens with one attached hydrogen (secondary N) is 1. The molecule has 0 aromatic heterocycles. The lowest BCUT2D eigenvalue weighted by molar-refractivity contribution is 0.164. The minimum absolute atomic E-state index is 0.149. The lowest BCUT2D eigenvalue weighted by Gasteiger charge is -2.22. The molecule has 0 radical (unpaired) electrons. The monoisotopic (exact) mass is 185 g/mol. The van der Waals surface area contributed by atoms with E-state index in [1.165, 1.54) is 32.1 Å². The van der Waals surface area contributed by atoms with Crippen LogP contribution in [0.5, 0.6) is 0 Å². The Labute approximate surface area is 81.7 Å². The van der Waals surface area contributed by atoms with Crippen LogP contribution >= 0.6 is 0 Å². The summed E-state index contributed by atoms with van der Waals surface area (Å²) in [5.41, 5.74) is 0. The van der Waals surface area contributed by atoms with Crippen molar-refractivity contribution >= 4 is 0 Å². The number of aliphatic hydroxyl groups excluding tert-OH is 1. The zero-order valence-electron chi connectivity index (χ0n) is 8.76. The molecule has 1 rings (SSSR count). The van der Waals surface area contributed by atoms with Crippen molar-refractivity contribution in [3.8, 4) is 0 Å². The molecule has 13 heavy (non-hydrogen) atoms. The average molecular weight is 185 g/mol. The van der Waals surface area contributed by atoms with Crippen LogP contribution in [0.25, 0.3) is 0 Å². The Morgan fingerprint density at radius 1 is 1.31 bits per heavy atom. The molecule has 0 amide bonds. The fraction of sp³-hybridized carbons (Fsp3) is 1.00. The third-order valence-electron chi connectivity index (χ3n) is 3.01. The quantitative estimate of drug-likeness (QED) is 0.686. The van der Waals surface area contributed by atoms with E-state index in [9.17, 15) is 5.11 Å². The summed E-state index contributed by atoms with van der Waals surface area (Å²) in [6, 6.07) is 0. The van der Waals surface area contributed by atoms with Crippen LogP contribution in [0.2, 0.25) is 0 Å². The molecule has 0 aromatic rings. The maximum atomic E-state index is 9.32. The molecule has 0 spiro atoms. The van der Waals surface area contributed by atoms with Crippen LogP contribution in [-0.2, 0) is 0 Å². The van der Waals surface area contributed by atoms with Crippen LogP contribution in [0.1, 0.15) is 45.4 Å². The fourth-order valence-electron chi connectivity index (χ4n) is 1.99. The summed E-state index contributed by atoms with van der Waals surface area (Å²) >= 11 is 0.